The molecule has 14 heavy (non-hydrogen) atoms. The van der Waals surface area contributed by atoms with Gasteiger partial charge in [-0.1, -0.05) is 0 Å². The van der Waals surface area contributed by atoms with Gasteiger partial charge in [-0.25, -0.2) is 0 Å². The Morgan fingerprint density at radius 1 is 1.50 bits per heavy atom. The number of aryl methyl sites for hydroxylation is 1. The first-order chi connectivity index (χ1) is 6.76. The van der Waals surface area contributed by atoms with Gasteiger partial charge in [-0.2, -0.15) is 0 Å². The van der Waals surface area contributed by atoms with Gasteiger partial charge >= 0.3 is 0 Å². The molecule has 2 aromatic rings. The molecule has 0 aliphatic rings. The second kappa shape index (κ2) is 3.71. The zero-order chi connectivity index (χ0) is 10.1. The largest absolute Gasteiger partial charge is 0.298 e. The van der Waals surface area contributed by atoms with E-state index in [1.165, 1.54) is 10.3 Å². The van der Waals surface area contributed by atoms with Crippen molar-refractivity contribution in [1.82, 2.24) is 0 Å². The molecule has 1 aromatic carbocycles. The van der Waals surface area contributed by atoms with Gasteiger partial charge in [0.15, 0.2) is 0 Å². The van der Waals surface area contributed by atoms with E-state index in [1.54, 1.807) is 11.3 Å². The summed E-state index contributed by atoms with van der Waals surface area (Å²) in [5.41, 5.74) is 2.96. The van der Waals surface area contributed by atoms with Crippen LogP contribution in [0.1, 0.15) is 21.5 Å². The third-order valence-electron chi connectivity index (χ3n) is 2.25. The molecular weight excluding hydrogens is 216 g/mol. The number of hydrogen-bond acceptors (Lipinski definition) is 2. The van der Waals surface area contributed by atoms with Crippen molar-refractivity contribution in [2.24, 2.45) is 0 Å². The molecule has 0 saturated carbocycles. The molecule has 1 nitrogen and oxygen atoms in total. The lowest BCUT2D eigenvalue weighted by Crippen LogP contribution is -1.85. The zero-order valence-corrected chi connectivity index (χ0v) is 9.28. The van der Waals surface area contributed by atoms with Crippen molar-refractivity contribution < 1.29 is 4.79 Å². The predicted octanol–water partition coefficient (Wildman–Crippen LogP) is 3.76. The molecule has 0 N–H and O–H groups in total. The lowest BCUT2D eigenvalue weighted by molar-refractivity contribution is 0.112. The number of alkyl halides is 1. The second-order valence-electron chi connectivity index (χ2n) is 3.23. The summed E-state index contributed by atoms with van der Waals surface area (Å²) in [5, 5.41) is 3.24. The number of carbonyl (C=O) groups excluding carboxylic acids is 1. The summed E-state index contributed by atoms with van der Waals surface area (Å²) >= 11 is 7.52. The molecule has 0 unspecified atom stereocenters. The highest BCUT2D eigenvalue weighted by Gasteiger charge is 2.06. The van der Waals surface area contributed by atoms with Gasteiger partial charge in [0.1, 0.15) is 6.29 Å². The molecule has 0 atom stereocenters. The smallest absolute Gasteiger partial charge is 0.150 e. The first-order valence-corrected chi connectivity index (χ1v) is 5.69. The highest BCUT2D eigenvalue weighted by atomic mass is 35.5. The summed E-state index contributed by atoms with van der Waals surface area (Å²) in [6.45, 7) is 2.05. The van der Waals surface area contributed by atoms with Crippen LogP contribution in [0.15, 0.2) is 17.5 Å². The lowest BCUT2D eigenvalue weighted by atomic mass is 10.1. The zero-order valence-electron chi connectivity index (χ0n) is 7.71. The Hall–Kier alpha value is -0.860. The molecule has 0 amide bonds. The van der Waals surface area contributed by atoms with Crippen LogP contribution in [0.4, 0.5) is 0 Å². The van der Waals surface area contributed by atoms with Gasteiger partial charge in [0.25, 0.3) is 0 Å². The summed E-state index contributed by atoms with van der Waals surface area (Å²) in [6.07, 6.45) is 0.868. The molecule has 0 radical (unpaired) electrons. The lowest BCUT2D eigenvalue weighted by Gasteiger charge is -2.00. The third kappa shape index (κ3) is 1.45. The van der Waals surface area contributed by atoms with Crippen molar-refractivity contribution in [1.29, 1.82) is 0 Å². The summed E-state index contributed by atoms with van der Waals surface area (Å²) in [6, 6.07) is 3.78. The Bertz CT molecular complexity index is 487. The van der Waals surface area contributed by atoms with Crippen LogP contribution in [0.2, 0.25) is 0 Å². The molecule has 0 aliphatic heterocycles. The minimum absolute atomic E-state index is 0.456. The van der Waals surface area contributed by atoms with Gasteiger partial charge in [0.2, 0.25) is 0 Å². The highest BCUT2D eigenvalue weighted by molar-refractivity contribution is 7.17. The van der Waals surface area contributed by atoms with Gasteiger partial charge in [-0.3, -0.25) is 4.79 Å². The number of benzene rings is 1. The number of thiophene rings is 1. The predicted molar refractivity (Wildman–Crippen MR) is 61.5 cm³/mol. The second-order valence-corrected chi connectivity index (χ2v) is 4.37. The summed E-state index contributed by atoms with van der Waals surface area (Å²) < 4.78 is 1.20. The van der Waals surface area contributed by atoms with Gasteiger partial charge < -0.3 is 0 Å². The molecule has 2 rings (SSSR count). The molecule has 0 bridgehead atoms. The van der Waals surface area contributed by atoms with Gasteiger partial charge in [-0.05, 0) is 40.9 Å². The van der Waals surface area contributed by atoms with Crippen molar-refractivity contribution in [2.45, 2.75) is 12.8 Å². The van der Waals surface area contributed by atoms with E-state index in [0.717, 1.165) is 17.2 Å². The number of fused-ring (bicyclic) bond motifs is 1. The Balaban J connectivity index is 2.82. The molecule has 1 heterocycles. The molecule has 72 valence electrons. The average Bonchev–Trinajstić information content (AvgIpc) is 2.59. The summed E-state index contributed by atoms with van der Waals surface area (Å²) in [7, 11) is 0. The minimum Gasteiger partial charge on any atom is -0.298 e. The van der Waals surface area contributed by atoms with Crippen LogP contribution in [0.3, 0.4) is 0 Å². The topological polar surface area (TPSA) is 17.1 Å². The Morgan fingerprint density at radius 2 is 2.29 bits per heavy atom. The van der Waals surface area contributed by atoms with E-state index in [2.05, 4.69) is 5.38 Å². The monoisotopic (exact) mass is 224 g/mol. The van der Waals surface area contributed by atoms with Crippen molar-refractivity contribution in [3.8, 4) is 0 Å². The van der Waals surface area contributed by atoms with E-state index < -0.39 is 0 Å². The van der Waals surface area contributed by atoms with Crippen molar-refractivity contribution in [3.05, 3.63) is 34.2 Å². The van der Waals surface area contributed by atoms with Gasteiger partial charge in [0, 0.05) is 16.1 Å². The first-order valence-electron chi connectivity index (χ1n) is 4.28. The SMILES string of the molecule is Cc1csc2c(CCl)cc(C=O)cc12. The third-order valence-corrected chi connectivity index (χ3v) is 3.72. The maximum Gasteiger partial charge on any atom is 0.150 e. The quantitative estimate of drug-likeness (QED) is 0.561. The molecule has 0 aliphatic carbocycles. The van der Waals surface area contributed by atoms with E-state index >= 15 is 0 Å². The Labute approximate surface area is 91.3 Å². The maximum atomic E-state index is 10.7. The Kier molecular flexibility index (Phi) is 2.57. The van der Waals surface area contributed by atoms with E-state index in [1.807, 2.05) is 19.1 Å². The van der Waals surface area contributed by atoms with E-state index in [4.69, 9.17) is 11.6 Å². The van der Waals surface area contributed by atoms with Crippen molar-refractivity contribution >= 4 is 39.3 Å². The minimum atomic E-state index is 0.456. The van der Waals surface area contributed by atoms with E-state index in [-0.39, 0.29) is 0 Å². The molecule has 0 fully saturated rings. The fourth-order valence-corrected chi connectivity index (χ4v) is 2.86. The van der Waals surface area contributed by atoms with Crippen molar-refractivity contribution in [2.75, 3.05) is 0 Å². The molecular formula is C11H9ClOS. The summed E-state index contributed by atoms with van der Waals surface area (Å²) in [4.78, 5) is 10.7. The maximum absolute atomic E-state index is 10.7. The van der Waals surface area contributed by atoms with Crippen LogP contribution in [0.5, 0.6) is 0 Å². The fraction of sp³-hybridized carbons (Fsp3) is 0.182. The Morgan fingerprint density at radius 3 is 2.93 bits per heavy atom. The number of hydrogen-bond donors (Lipinski definition) is 0. The van der Waals surface area contributed by atoms with Crippen LogP contribution in [0.25, 0.3) is 10.1 Å². The normalized spacial score (nSPS) is 10.7. The summed E-state index contributed by atoms with van der Waals surface area (Å²) in [5.74, 6) is 0.456. The standard InChI is InChI=1S/C11H9ClOS/c1-7-6-14-11-9(4-12)2-8(5-13)3-10(7)11/h2-3,5-6H,4H2,1H3. The average molecular weight is 225 g/mol. The number of carbonyl (C=O) groups is 1. The highest BCUT2D eigenvalue weighted by Crippen LogP contribution is 2.30. The number of halogens is 1. The first kappa shape index (κ1) is 9.69. The molecule has 1 aromatic heterocycles. The van der Waals surface area contributed by atoms with Crippen LogP contribution >= 0.6 is 22.9 Å². The van der Waals surface area contributed by atoms with Gasteiger partial charge in [0.05, 0.1) is 0 Å². The van der Waals surface area contributed by atoms with Crippen LogP contribution in [0, 0.1) is 6.92 Å². The molecule has 3 heteroatoms. The van der Waals surface area contributed by atoms with E-state index in [0.29, 0.717) is 11.4 Å². The van der Waals surface area contributed by atoms with Gasteiger partial charge in [-0.15, -0.1) is 22.9 Å². The number of rotatable bonds is 2. The fourth-order valence-electron chi connectivity index (χ4n) is 1.52. The van der Waals surface area contributed by atoms with Crippen LogP contribution < -0.4 is 0 Å². The molecule has 0 saturated heterocycles. The van der Waals surface area contributed by atoms with E-state index in [9.17, 15) is 4.79 Å². The molecule has 0 spiro atoms. The van der Waals surface area contributed by atoms with Crippen LogP contribution in [-0.2, 0) is 5.88 Å². The van der Waals surface area contributed by atoms with Crippen molar-refractivity contribution in [3.63, 3.8) is 0 Å². The number of aldehydes is 1. The van der Waals surface area contributed by atoms with Crippen LogP contribution in [-0.4, -0.2) is 6.29 Å².